The Morgan fingerprint density at radius 1 is 1.03 bits per heavy atom. The zero-order chi connectivity index (χ0) is 20.3. The number of nitrogens with two attached hydrogens (primary N) is 1. The van der Waals surface area contributed by atoms with Crippen LogP contribution in [0.1, 0.15) is 31.2 Å². The lowest BCUT2D eigenvalue weighted by Crippen LogP contribution is -2.54. The second-order valence-electron chi connectivity index (χ2n) is 7.67. The number of rotatable bonds is 4. The predicted octanol–water partition coefficient (Wildman–Crippen LogP) is 2.63. The van der Waals surface area contributed by atoms with Gasteiger partial charge in [-0.25, -0.2) is 4.79 Å². The summed E-state index contributed by atoms with van der Waals surface area (Å²) in [6.07, 6.45) is 2.78. The zero-order valence-corrected chi connectivity index (χ0v) is 18.8. The number of carboxylic acid groups (broad SMARTS) is 1. The number of carbonyl (C=O) groups excluding carboxylic acids is 1. The van der Waals surface area contributed by atoms with Crippen molar-refractivity contribution in [3.05, 3.63) is 29.8 Å². The second-order valence-corrected chi connectivity index (χ2v) is 7.67. The summed E-state index contributed by atoms with van der Waals surface area (Å²) < 4.78 is 0. The first-order valence-corrected chi connectivity index (χ1v) is 9.80. The molecular weight excluding hydrogens is 429 g/mol. The van der Waals surface area contributed by atoms with Crippen molar-refractivity contribution in [3.8, 4) is 0 Å². The average Bonchev–Trinajstić information content (AvgIpc) is 2.73. The van der Waals surface area contributed by atoms with Gasteiger partial charge in [0.25, 0.3) is 0 Å². The van der Waals surface area contributed by atoms with Crippen molar-refractivity contribution in [1.29, 1.82) is 5.41 Å². The standard InChI is InChI=1S/C20H29N5O3.2ClH/c1-23(16-6-4-15(5-7-16)19(26)27)20(28)25-12-10-24(11-13-25)17-8-2-14(3-9-17)18(21)22;;/h2-3,8-9,15-16H,4-7,10-13H2,1H3,(H3,21,22)(H,26,27);2*1H. The summed E-state index contributed by atoms with van der Waals surface area (Å²) in [5.74, 6) is -0.931. The fourth-order valence-electron chi connectivity index (χ4n) is 4.10. The minimum atomic E-state index is -0.722. The fraction of sp³-hybridized carbons (Fsp3) is 0.550. The predicted molar refractivity (Wildman–Crippen MR) is 122 cm³/mol. The number of halogens is 2. The number of carbonyl (C=O) groups is 2. The molecular formula is C20H31Cl2N5O3. The van der Waals surface area contributed by atoms with Crippen LogP contribution in [-0.2, 0) is 4.79 Å². The quantitative estimate of drug-likeness (QED) is 0.472. The molecule has 0 atom stereocenters. The first-order chi connectivity index (χ1) is 13.4. The molecule has 0 spiro atoms. The maximum atomic E-state index is 12.9. The third-order valence-electron chi connectivity index (χ3n) is 5.99. The topological polar surface area (TPSA) is 114 Å². The summed E-state index contributed by atoms with van der Waals surface area (Å²) in [7, 11) is 1.83. The number of anilines is 1. The molecule has 10 heteroatoms. The lowest BCUT2D eigenvalue weighted by Gasteiger charge is -2.40. The number of amides is 2. The van der Waals surface area contributed by atoms with Gasteiger partial charge in [0, 0.05) is 50.5 Å². The van der Waals surface area contributed by atoms with Gasteiger partial charge in [0.15, 0.2) is 0 Å². The summed E-state index contributed by atoms with van der Waals surface area (Å²) >= 11 is 0. The number of aliphatic carboxylic acids is 1. The number of nitrogens with one attached hydrogen (secondary N) is 1. The first-order valence-electron chi connectivity index (χ1n) is 9.80. The van der Waals surface area contributed by atoms with Crippen molar-refractivity contribution in [1.82, 2.24) is 9.80 Å². The summed E-state index contributed by atoms with van der Waals surface area (Å²) in [6, 6.07) is 7.76. The molecule has 30 heavy (non-hydrogen) atoms. The van der Waals surface area contributed by atoms with Gasteiger partial charge >= 0.3 is 12.0 Å². The molecule has 2 aliphatic rings. The normalized spacial score (nSPS) is 21.1. The molecule has 1 aliphatic carbocycles. The zero-order valence-electron chi connectivity index (χ0n) is 17.1. The summed E-state index contributed by atoms with van der Waals surface area (Å²) in [5.41, 5.74) is 7.27. The highest BCUT2D eigenvalue weighted by Gasteiger charge is 2.32. The number of urea groups is 1. The molecule has 2 fully saturated rings. The maximum absolute atomic E-state index is 12.9. The molecule has 1 aromatic rings. The molecule has 0 unspecified atom stereocenters. The van der Waals surface area contributed by atoms with Crippen molar-refractivity contribution in [2.75, 3.05) is 38.1 Å². The molecule has 1 aliphatic heterocycles. The molecule has 168 valence electrons. The molecule has 0 aromatic heterocycles. The maximum Gasteiger partial charge on any atom is 0.320 e. The van der Waals surface area contributed by atoms with Crippen molar-refractivity contribution >= 4 is 48.3 Å². The highest BCUT2D eigenvalue weighted by molar-refractivity contribution is 5.95. The van der Waals surface area contributed by atoms with E-state index in [4.69, 9.17) is 16.2 Å². The third-order valence-corrected chi connectivity index (χ3v) is 5.99. The van der Waals surface area contributed by atoms with Crippen LogP contribution in [0.2, 0.25) is 0 Å². The molecule has 1 saturated heterocycles. The number of piperazine rings is 1. The van der Waals surface area contributed by atoms with E-state index in [2.05, 4.69) is 4.90 Å². The van der Waals surface area contributed by atoms with E-state index >= 15 is 0 Å². The van der Waals surface area contributed by atoms with E-state index in [1.807, 2.05) is 36.2 Å². The molecule has 0 radical (unpaired) electrons. The minimum Gasteiger partial charge on any atom is -0.481 e. The van der Waals surface area contributed by atoms with Crippen molar-refractivity contribution in [2.24, 2.45) is 11.7 Å². The van der Waals surface area contributed by atoms with Gasteiger partial charge in [-0.3, -0.25) is 10.2 Å². The van der Waals surface area contributed by atoms with E-state index in [9.17, 15) is 9.59 Å². The Bertz CT molecular complexity index is 730. The molecule has 1 aromatic carbocycles. The molecule has 2 amide bonds. The number of nitrogens with zero attached hydrogens (tertiary/aromatic N) is 3. The molecule has 3 rings (SSSR count). The van der Waals surface area contributed by atoms with Gasteiger partial charge < -0.3 is 25.5 Å². The van der Waals surface area contributed by atoms with Crippen molar-refractivity contribution in [3.63, 3.8) is 0 Å². The molecule has 0 bridgehead atoms. The van der Waals surface area contributed by atoms with Gasteiger partial charge in [-0.05, 0) is 49.9 Å². The molecule has 8 nitrogen and oxygen atoms in total. The van der Waals surface area contributed by atoms with Crippen molar-refractivity contribution < 1.29 is 14.7 Å². The van der Waals surface area contributed by atoms with Crippen LogP contribution in [0, 0.1) is 11.3 Å². The number of carboxylic acids is 1. The summed E-state index contributed by atoms with van der Waals surface area (Å²) in [4.78, 5) is 29.9. The largest absolute Gasteiger partial charge is 0.481 e. The van der Waals surface area contributed by atoms with E-state index in [1.165, 1.54) is 0 Å². The van der Waals surface area contributed by atoms with E-state index in [0.29, 0.717) is 31.5 Å². The summed E-state index contributed by atoms with van der Waals surface area (Å²) in [6.45, 7) is 2.82. The van der Waals surface area contributed by atoms with E-state index in [1.54, 1.807) is 4.90 Å². The number of hydrogen-bond acceptors (Lipinski definition) is 4. The van der Waals surface area contributed by atoms with E-state index < -0.39 is 5.97 Å². The van der Waals surface area contributed by atoms with Gasteiger partial charge in [0.05, 0.1) is 5.92 Å². The average molecular weight is 460 g/mol. The lowest BCUT2D eigenvalue weighted by atomic mass is 9.85. The van der Waals surface area contributed by atoms with E-state index in [0.717, 1.165) is 31.6 Å². The Balaban J connectivity index is 0.00000225. The SMILES string of the molecule is CN(C(=O)N1CCN(c2ccc(C(=N)N)cc2)CC1)C1CCC(C(=O)O)CC1.Cl.Cl. The lowest BCUT2D eigenvalue weighted by molar-refractivity contribution is -0.143. The molecule has 1 heterocycles. The highest BCUT2D eigenvalue weighted by Crippen LogP contribution is 2.28. The van der Waals surface area contributed by atoms with Gasteiger partial charge in [-0.2, -0.15) is 0 Å². The molecule has 1 saturated carbocycles. The van der Waals surface area contributed by atoms with Crippen LogP contribution >= 0.6 is 24.8 Å². The van der Waals surface area contributed by atoms with Crippen LogP contribution in [0.3, 0.4) is 0 Å². The van der Waals surface area contributed by atoms with Crippen LogP contribution in [0.15, 0.2) is 24.3 Å². The minimum absolute atomic E-state index is 0. The Kier molecular flexibility index (Phi) is 9.71. The van der Waals surface area contributed by atoms with Gasteiger partial charge in [-0.1, -0.05) is 0 Å². The molecule has 4 N–H and O–H groups in total. The summed E-state index contributed by atoms with van der Waals surface area (Å²) in [5, 5.41) is 16.6. The van der Waals surface area contributed by atoms with Crippen LogP contribution in [0.5, 0.6) is 0 Å². The number of hydrogen-bond donors (Lipinski definition) is 3. The van der Waals surface area contributed by atoms with Crippen LogP contribution in [0.25, 0.3) is 0 Å². The third kappa shape index (κ3) is 5.92. The number of amidine groups is 1. The van der Waals surface area contributed by atoms with Crippen LogP contribution in [0.4, 0.5) is 10.5 Å². The first kappa shape index (κ1) is 25.8. The highest BCUT2D eigenvalue weighted by atomic mass is 35.5. The van der Waals surface area contributed by atoms with Crippen LogP contribution < -0.4 is 10.6 Å². The Labute approximate surface area is 189 Å². The number of nitrogen functional groups attached to an aromatic ring is 1. The smallest absolute Gasteiger partial charge is 0.320 e. The van der Waals surface area contributed by atoms with Gasteiger partial charge in [0.2, 0.25) is 0 Å². The Morgan fingerprint density at radius 3 is 2.03 bits per heavy atom. The second kappa shape index (κ2) is 11.3. The van der Waals surface area contributed by atoms with Crippen LogP contribution in [-0.4, -0.2) is 72.0 Å². The Morgan fingerprint density at radius 2 is 1.57 bits per heavy atom. The monoisotopic (exact) mass is 459 g/mol. The fourth-order valence-corrected chi connectivity index (χ4v) is 4.10. The van der Waals surface area contributed by atoms with Gasteiger partial charge in [-0.15, -0.1) is 24.8 Å². The number of benzene rings is 1. The van der Waals surface area contributed by atoms with Crippen molar-refractivity contribution in [2.45, 2.75) is 31.7 Å². The Hall–Kier alpha value is -2.19. The van der Waals surface area contributed by atoms with E-state index in [-0.39, 0.29) is 48.6 Å². The van der Waals surface area contributed by atoms with Gasteiger partial charge in [0.1, 0.15) is 5.84 Å².